The van der Waals surface area contributed by atoms with Crippen LogP contribution in [-0.4, -0.2) is 22.3 Å². The van der Waals surface area contributed by atoms with Gasteiger partial charge >= 0.3 is 0 Å². The van der Waals surface area contributed by atoms with Crippen molar-refractivity contribution in [1.82, 2.24) is 5.32 Å². The lowest BCUT2D eigenvalue weighted by molar-refractivity contribution is -0.197. The van der Waals surface area contributed by atoms with Crippen molar-refractivity contribution < 1.29 is 19.4 Å². The van der Waals surface area contributed by atoms with Crippen LogP contribution < -0.4 is 10.1 Å². The molecule has 2 atom stereocenters. The number of rotatable bonds is 8. The summed E-state index contributed by atoms with van der Waals surface area (Å²) in [6, 6.07) is 12.8. The Morgan fingerprint density at radius 1 is 1.12 bits per heavy atom. The fraction of sp³-hybridized carbons (Fsp3) is 0.481. The van der Waals surface area contributed by atoms with Crippen molar-refractivity contribution in [2.45, 2.75) is 83.0 Å². The van der Waals surface area contributed by atoms with Gasteiger partial charge in [-0.1, -0.05) is 82.9 Å². The second kappa shape index (κ2) is 8.70. The van der Waals surface area contributed by atoms with Crippen LogP contribution in [0.5, 0.6) is 5.75 Å². The van der Waals surface area contributed by atoms with Crippen LogP contribution in [0.2, 0.25) is 0 Å². The molecule has 1 heterocycles. The number of amides is 1. The van der Waals surface area contributed by atoms with Gasteiger partial charge in [0.2, 0.25) is 5.91 Å². The zero-order valence-electron chi connectivity index (χ0n) is 19.2. The van der Waals surface area contributed by atoms with E-state index < -0.39 is 11.3 Å². The number of ether oxygens (including phenoxy) is 1. The summed E-state index contributed by atoms with van der Waals surface area (Å²) in [5.41, 5.74) is 1.14. The van der Waals surface area contributed by atoms with Crippen molar-refractivity contribution in [2.75, 3.05) is 0 Å². The Morgan fingerprint density at radius 2 is 1.88 bits per heavy atom. The summed E-state index contributed by atoms with van der Waals surface area (Å²) in [4.78, 5) is 26.6. The number of aliphatic hydroxyl groups is 1. The molecule has 0 bridgehead atoms. The molecule has 5 heteroatoms. The molecule has 0 radical (unpaired) electrons. The van der Waals surface area contributed by atoms with E-state index in [1.165, 1.54) is 0 Å². The summed E-state index contributed by atoms with van der Waals surface area (Å²) in [6.07, 6.45) is 5.64. The van der Waals surface area contributed by atoms with E-state index in [2.05, 4.69) is 26.1 Å². The van der Waals surface area contributed by atoms with E-state index in [-0.39, 0.29) is 18.1 Å². The molecule has 32 heavy (non-hydrogen) atoms. The molecule has 0 aromatic heterocycles. The summed E-state index contributed by atoms with van der Waals surface area (Å²) < 4.78 is 6.21. The summed E-state index contributed by atoms with van der Waals surface area (Å²) in [5, 5.41) is 14.8. The Hall–Kier alpha value is -2.66. The Morgan fingerprint density at radius 3 is 2.62 bits per heavy atom. The fourth-order valence-corrected chi connectivity index (χ4v) is 4.92. The average Bonchev–Trinajstić information content (AvgIpc) is 2.95. The highest BCUT2D eigenvalue weighted by molar-refractivity contribution is 6.11. The van der Waals surface area contributed by atoms with Gasteiger partial charge < -0.3 is 15.2 Å². The van der Waals surface area contributed by atoms with E-state index in [0.717, 1.165) is 43.2 Å². The first-order valence-corrected chi connectivity index (χ1v) is 11.8. The molecule has 4 rings (SSSR count). The maximum atomic E-state index is 13.6. The van der Waals surface area contributed by atoms with Crippen LogP contribution in [0.3, 0.4) is 0 Å². The van der Waals surface area contributed by atoms with Gasteiger partial charge in [-0.05, 0) is 29.5 Å². The predicted molar refractivity (Wildman–Crippen MR) is 124 cm³/mol. The highest BCUT2D eigenvalue weighted by Gasteiger charge is 2.68. The van der Waals surface area contributed by atoms with Crippen molar-refractivity contribution >= 4 is 11.7 Å². The quantitative estimate of drug-likeness (QED) is 0.572. The molecule has 1 aliphatic carbocycles. The van der Waals surface area contributed by atoms with Crippen LogP contribution in [0.4, 0.5) is 0 Å². The van der Waals surface area contributed by atoms with Gasteiger partial charge in [0.1, 0.15) is 5.75 Å². The third-order valence-electron chi connectivity index (χ3n) is 6.83. The largest absolute Gasteiger partial charge is 0.455 e. The van der Waals surface area contributed by atoms with Crippen LogP contribution in [-0.2, 0) is 17.0 Å². The molecule has 2 N–H and O–H groups in total. The van der Waals surface area contributed by atoms with Gasteiger partial charge in [0.05, 0.1) is 0 Å². The van der Waals surface area contributed by atoms with E-state index in [1.54, 1.807) is 24.3 Å². The van der Waals surface area contributed by atoms with Crippen molar-refractivity contribution in [1.29, 1.82) is 0 Å². The highest BCUT2D eigenvalue weighted by atomic mass is 16.6. The zero-order chi connectivity index (χ0) is 22.9. The Bertz CT molecular complexity index is 1030. The summed E-state index contributed by atoms with van der Waals surface area (Å²) >= 11 is 0. The van der Waals surface area contributed by atoms with Gasteiger partial charge in [0.15, 0.2) is 11.3 Å². The van der Waals surface area contributed by atoms with Crippen LogP contribution in [0, 0.1) is 0 Å². The number of ketones is 1. The number of carbonyl (C=O) groups excluding carboxylic acids is 2. The molecule has 170 valence electrons. The molecule has 2 aromatic carbocycles. The Labute approximate surface area is 190 Å². The minimum atomic E-state index is -1.94. The Balaban J connectivity index is 1.68. The first kappa shape index (κ1) is 22.5. The first-order chi connectivity index (χ1) is 15.3. The smallest absolute Gasteiger partial charge is 0.266 e. The third-order valence-corrected chi connectivity index (χ3v) is 6.83. The van der Waals surface area contributed by atoms with Crippen LogP contribution >= 0.6 is 0 Å². The molecule has 0 fully saturated rings. The number of hydrogen-bond acceptors (Lipinski definition) is 4. The van der Waals surface area contributed by atoms with E-state index in [9.17, 15) is 14.7 Å². The van der Waals surface area contributed by atoms with E-state index in [4.69, 9.17) is 4.74 Å². The number of fused-ring (bicyclic) bond motifs is 4. The Kier molecular flexibility index (Phi) is 6.13. The number of carbonyl (C=O) groups is 2. The van der Waals surface area contributed by atoms with E-state index >= 15 is 0 Å². The van der Waals surface area contributed by atoms with Crippen molar-refractivity contribution in [3.05, 3.63) is 64.7 Å². The van der Waals surface area contributed by atoms with Gasteiger partial charge in [-0.25, -0.2) is 0 Å². The van der Waals surface area contributed by atoms with Crippen molar-refractivity contribution in [3.8, 4) is 5.75 Å². The number of benzene rings is 2. The first-order valence-electron chi connectivity index (χ1n) is 11.8. The molecular formula is C27H33NO4. The standard InChI is InChI=1S/C27H33NO4/c1-4-5-6-7-8-13-24(29)28-26-17-20-15-14-19(18(2)3)16-23(20)32-27(26,31)22-12-10-9-11-21(22)25(26)30/h9-12,14-16,18,31H,4-8,13,17H2,1-3H3,(H,28,29). The fourth-order valence-electron chi connectivity index (χ4n) is 4.92. The molecule has 0 spiro atoms. The number of nitrogens with one attached hydrogen (secondary N) is 1. The molecule has 2 aromatic rings. The monoisotopic (exact) mass is 435 g/mol. The molecular weight excluding hydrogens is 402 g/mol. The maximum Gasteiger partial charge on any atom is 0.266 e. The zero-order valence-corrected chi connectivity index (χ0v) is 19.2. The van der Waals surface area contributed by atoms with Gasteiger partial charge in [-0.3, -0.25) is 9.59 Å². The number of unbranched alkanes of at least 4 members (excludes halogenated alkanes) is 4. The lowest BCUT2D eigenvalue weighted by Gasteiger charge is -2.45. The second-order valence-electron chi connectivity index (χ2n) is 9.44. The number of hydrogen-bond donors (Lipinski definition) is 2. The highest BCUT2D eigenvalue weighted by Crippen LogP contribution is 2.51. The van der Waals surface area contributed by atoms with Crippen LogP contribution in [0.1, 0.15) is 92.3 Å². The van der Waals surface area contributed by atoms with Crippen LogP contribution in [0.15, 0.2) is 42.5 Å². The molecule has 1 amide bonds. The molecule has 0 saturated carbocycles. The average molecular weight is 436 g/mol. The molecule has 1 aliphatic heterocycles. The minimum absolute atomic E-state index is 0.187. The molecule has 5 nitrogen and oxygen atoms in total. The van der Waals surface area contributed by atoms with Gasteiger partial charge in [-0.2, -0.15) is 0 Å². The normalized spacial score (nSPS) is 23.3. The molecule has 2 aliphatic rings. The summed E-state index contributed by atoms with van der Waals surface area (Å²) in [6.45, 7) is 6.35. The number of Topliss-reactive ketones (excluding diaryl/α,β-unsaturated/α-hetero) is 1. The summed E-state index contributed by atoms with van der Waals surface area (Å²) in [7, 11) is 0. The van der Waals surface area contributed by atoms with E-state index in [1.807, 2.05) is 18.2 Å². The van der Waals surface area contributed by atoms with Gasteiger partial charge in [0, 0.05) is 24.0 Å². The SMILES string of the molecule is CCCCCCCC(=O)NC12Cc3ccc(C(C)C)cc3OC1(O)c1ccccc1C2=O. The lowest BCUT2D eigenvalue weighted by atomic mass is 9.79. The van der Waals surface area contributed by atoms with Crippen molar-refractivity contribution in [3.63, 3.8) is 0 Å². The topological polar surface area (TPSA) is 75.6 Å². The maximum absolute atomic E-state index is 13.6. The predicted octanol–water partition coefficient (Wildman–Crippen LogP) is 5.00. The summed E-state index contributed by atoms with van der Waals surface area (Å²) in [5.74, 6) is -1.61. The molecule has 0 saturated heterocycles. The minimum Gasteiger partial charge on any atom is -0.455 e. The van der Waals surface area contributed by atoms with Crippen molar-refractivity contribution in [2.24, 2.45) is 0 Å². The van der Waals surface area contributed by atoms with E-state index in [0.29, 0.717) is 29.2 Å². The third kappa shape index (κ3) is 3.62. The lowest BCUT2D eigenvalue weighted by Crippen LogP contribution is -2.68. The second-order valence-corrected chi connectivity index (χ2v) is 9.44. The van der Waals surface area contributed by atoms with Gasteiger partial charge in [-0.15, -0.1) is 0 Å². The van der Waals surface area contributed by atoms with Crippen LogP contribution in [0.25, 0.3) is 0 Å². The van der Waals surface area contributed by atoms with Gasteiger partial charge in [0.25, 0.3) is 5.79 Å². The molecule has 2 unspecified atom stereocenters.